The van der Waals surface area contributed by atoms with Gasteiger partial charge in [0.15, 0.2) is 9.84 Å². The van der Waals surface area contributed by atoms with Gasteiger partial charge < -0.3 is 10.4 Å². The van der Waals surface area contributed by atoms with E-state index < -0.39 is 27.5 Å². The van der Waals surface area contributed by atoms with Crippen molar-refractivity contribution in [2.45, 2.75) is 31.6 Å². The number of rotatable bonds is 8. The van der Waals surface area contributed by atoms with E-state index in [1.165, 1.54) is 0 Å². The van der Waals surface area contributed by atoms with E-state index in [1.54, 1.807) is 31.2 Å². The van der Waals surface area contributed by atoms with Crippen molar-refractivity contribution in [1.29, 1.82) is 0 Å². The first-order valence-electron chi connectivity index (χ1n) is 6.64. The van der Waals surface area contributed by atoms with Gasteiger partial charge in [-0.2, -0.15) is 0 Å². The molecule has 0 aliphatic rings. The number of nitrogens with one attached hydrogen (secondary N) is 1. The molecule has 2 N–H and O–H groups in total. The van der Waals surface area contributed by atoms with Crippen LogP contribution < -0.4 is 5.32 Å². The number of hydrogen-bond donors (Lipinski definition) is 2. The maximum Gasteiger partial charge on any atom is 0.303 e. The number of benzene rings is 1. The normalized spacial score (nSPS) is 12.6. The van der Waals surface area contributed by atoms with Gasteiger partial charge in [-0.1, -0.05) is 28.1 Å². The molecule has 0 radical (unpaired) electrons. The number of carbonyl (C=O) groups is 2. The van der Waals surface area contributed by atoms with Crippen molar-refractivity contribution in [3.8, 4) is 0 Å². The zero-order chi connectivity index (χ0) is 16.8. The summed E-state index contributed by atoms with van der Waals surface area (Å²) < 4.78 is 24.8. The van der Waals surface area contributed by atoms with Gasteiger partial charge in [0.05, 0.1) is 5.75 Å². The first kappa shape index (κ1) is 18.6. The predicted molar refractivity (Wildman–Crippen MR) is 86.1 cm³/mol. The first-order chi connectivity index (χ1) is 10.2. The van der Waals surface area contributed by atoms with E-state index in [0.29, 0.717) is 5.56 Å². The van der Waals surface area contributed by atoms with Gasteiger partial charge >= 0.3 is 5.97 Å². The van der Waals surface area contributed by atoms with Crippen LogP contribution in [0.5, 0.6) is 0 Å². The number of halogens is 1. The lowest BCUT2D eigenvalue weighted by Gasteiger charge is -2.13. The van der Waals surface area contributed by atoms with Crippen LogP contribution in [-0.2, 0) is 25.2 Å². The molecule has 0 bridgehead atoms. The number of amides is 1. The average molecular weight is 392 g/mol. The summed E-state index contributed by atoms with van der Waals surface area (Å²) in [5, 5.41) is 11.1. The Balaban J connectivity index is 2.53. The van der Waals surface area contributed by atoms with Gasteiger partial charge in [0, 0.05) is 16.9 Å². The summed E-state index contributed by atoms with van der Waals surface area (Å²) in [7, 11) is -3.58. The van der Waals surface area contributed by atoms with Crippen molar-refractivity contribution in [1.82, 2.24) is 5.32 Å². The van der Waals surface area contributed by atoms with Crippen molar-refractivity contribution in [3.05, 3.63) is 34.3 Å². The zero-order valence-corrected chi connectivity index (χ0v) is 14.5. The molecule has 0 aromatic heterocycles. The number of aliphatic carboxylic acids is 1. The van der Waals surface area contributed by atoms with Crippen LogP contribution in [0, 0.1) is 0 Å². The van der Waals surface area contributed by atoms with Crippen LogP contribution in [0.3, 0.4) is 0 Å². The summed E-state index contributed by atoms with van der Waals surface area (Å²) in [4.78, 5) is 22.2. The van der Waals surface area contributed by atoms with E-state index in [0.717, 1.165) is 4.47 Å². The van der Waals surface area contributed by atoms with Gasteiger partial charge in [0.1, 0.15) is 5.75 Å². The SMILES string of the molecule is CC(CCC(=O)O)NC(=O)CS(=O)(=O)Cc1cccc(Br)c1. The van der Waals surface area contributed by atoms with Crippen LogP contribution in [-0.4, -0.2) is 37.2 Å². The lowest BCUT2D eigenvalue weighted by molar-refractivity contribution is -0.137. The summed E-state index contributed by atoms with van der Waals surface area (Å²) in [6.07, 6.45) is 0.180. The predicted octanol–water partition coefficient (Wildman–Crippen LogP) is 1.73. The van der Waals surface area contributed by atoms with Gasteiger partial charge in [-0.15, -0.1) is 0 Å². The molecule has 1 aromatic rings. The van der Waals surface area contributed by atoms with Crippen molar-refractivity contribution in [2.75, 3.05) is 5.75 Å². The highest BCUT2D eigenvalue weighted by Gasteiger charge is 2.19. The Morgan fingerprint density at radius 3 is 2.64 bits per heavy atom. The minimum Gasteiger partial charge on any atom is -0.481 e. The highest BCUT2D eigenvalue weighted by atomic mass is 79.9. The van der Waals surface area contributed by atoms with Gasteiger partial charge in [-0.3, -0.25) is 9.59 Å². The Morgan fingerprint density at radius 1 is 1.36 bits per heavy atom. The van der Waals surface area contributed by atoms with Gasteiger partial charge in [-0.05, 0) is 31.0 Å². The molecule has 0 spiro atoms. The van der Waals surface area contributed by atoms with E-state index in [1.807, 2.05) is 0 Å². The minimum atomic E-state index is -3.58. The lowest BCUT2D eigenvalue weighted by Crippen LogP contribution is -2.37. The molecule has 122 valence electrons. The molecule has 0 saturated carbocycles. The van der Waals surface area contributed by atoms with Gasteiger partial charge in [-0.25, -0.2) is 8.42 Å². The standard InChI is InChI=1S/C14H18BrNO5S/c1-10(5-6-14(18)19)16-13(17)9-22(20,21)8-11-3-2-4-12(15)7-11/h2-4,7,10H,5-6,8-9H2,1H3,(H,16,17)(H,18,19). The van der Waals surface area contributed by atoms with Crippen LogP contribution >= 0.6 is 15.9 Å². The third-order valence-electron chi connectivity index (χ3n) is 2.83. The second-order valence-corrected chi connectivity index (χ2v) is 8.04. The fourth-order valence-electron chi connectivity index (χ4n) is 1.86. The number of sulfone groups is 1. The van der Waals surface area contributed by atoms with Gasteiger partial charge in [0.25, 0.3) is 0 Å². The number of carbonyl (C=O) groups excluding carboxylic acids is 1. The summed E-state index contributed by atoms with van der Waals surface area (Å²) in [5.74, 6) is -2.41. The molecule has 8 heteroatoms. The number of hydrogen-bond acceptors (Lipinski definition) is 4. The quantitative estimate of drug-likeness (QED) is 0.702. The van der Waals surface area contributed by atoms with E-state index in [2.05, 4.69) is 21.2 Å². The highest BCUT2D eigenvalue weighted by molar-refractivity contribution is 9.10. The molecule has 0 fully saturated rings. The molecule has 6 nitrogen and oxygen atoms in total. The molecule has 0 heterocycles. The van der Waals surface area contributed by atoms with E-state index >= 15 is 0 Å². The second-order valence-electron chi connectivity index (χ2n) is 5.06. The van der Waals surface area contributed by atoms with Crippen LogP contribution in [0.15, 0.2) is 28.7 Å². The topological polar surface area (TPSA) is 101 Å². The fourth-order valence-corrected chi connectivity index (χ4v) is 3.58. The third kappa shape index (κ3) is 7.56. The Bertz CT molecular complexity index is 644. The molecule has 0 saturated heterocycles. The van der Waals surface area contributed by atoms with Crippen molar-refractivity contribution in [2.24, 2.45) is 0 Å². The summed E-state index contributed by atoms with van der Waals surface area (Å²) in [5.41, 5.74) is 0.598. The molecular weight excluding hydrogens is 374 g/mol. The van der Waals surface area contributed by atoms with Crippen LogP contribution in [0.1, 0.15) is 25.3 Å². The Kier molecular flexibility index (Phi) is 7.02. The second kappa shape index (κ2) is 8.28. The average Bonchev–Trinajstić information content (AvgIpc) is 2.34. The lowest BCUT2D eigenvalue weighted by atomic mass is 10.2. The van der Waals surface area contributed by atoms with E-state index in [9.17, 15) is 18.0 Å². The molecule has 0 aliphatic carbocycles. The Morgan fingerprint density at radius 2 is 2.05 bits per heavy atom. The molecule has 1 atom stereocenters. The zero-order valence-electron chi connectivity index (χ0n) is 12.1. The summed E-state index contributed by atoms with van der Waals surface area (Å²) >= 11 is 3.26. The Hall–Kier alpha value is -1.41. The first-order valence-corrected chi connectivity index (χ1v) is 9.25. The Labute approximate surface area is 138 Å². The summed E-state index contributed by atoms with van der Waals surface area (Å²) in [6.45, 7) is 1.64. The fraction of sp³-hybridized carbons (Fsp3) is 0.429. The maximum absolute atomic E-state index is 12.0. The highest BCUT2D eigenvalue weighted by Crippen LogP contribution is 2.14. The van der Waals surface area contributed by atoms with E-state index in [4.69, 9.17) is 5.11 Å². The van der Waals surface area contributed by atoms with Crippen LogP contribution in [0.2, 0.25) is 0 Å². The number of carboxylic acid groups (broad SMARTS) is 1. The minimum absolute atomic E-state index is 0.0771. The van der Waals surface area contributed by atoms with Crippen LogP contribution in [0.25, 0.3) is 0 Å². The van der Waals surface area contributed by atoms with Gasteiger partial charge in [0.2, 0.25) is 5.91 Å². The third-order valence-corrected chi connectivity index (χ3v) is 4.79. The maximum atomic E-state index is 12.0. The molecule has 22 heavy (non-hydrogen) atoms. The van der Waals surface area contributed by atoms with E-state index in [-0.39, 0.29) is 24.6 Å². The molecule has 0 aliphatic heterocycles. The van der Waals surface area contributed by atoms with Crippen molar-refractivity contribution < 1.29 is 23.1 Å². The molecule has 1 rings (SSSR count). The molecule has 1 unspecified atom stereocenters. The monoisotopic (exact) mass is 391 g/mol. The van der Waals surface area contributed by atoms with Crippen LogP contribution in [0.4, 0.5) is 0 Å². The largest absolute Gasteiger partial charge is 0.481 e. The van der Waals surface area contributed by atoms with Crippen molar-refractivity contribution >= 4 is 37.6 Å². The molecule has 1 aromatic carbocycles. The smallest absolute Gasteiger partial charge is 0.303 e. The molecule has 1 amide bonds. The van der Waals surface area contributed by atoms with Crippen molar-refractivity contribution in [3.63, 3.8) is 0 Å². The molecular formula is C14H18BrNO5S. The number of carboxylic acids is 1. The summed E-state index contributed by atoms with van der Waals surface area (Å²) in [6, 6.07) is 6.49.